The van der Waals surface area contributed by atoms with Gasteiger partial charge in [0.25, 0.3) is 0 Å². The van der Waals surface area contributed by atoms with Gasteiger partial charge in [0.05, 0.1) is 30.4 Å². The Bertz CT molecular complexity index is 522. The molecule has 1 saturated heterocycles. The lowest BCUT2D eigenvalue weighted by Gasteiger charge is -2.33. The highest BCUT2D eigenvalue weighted by Gasteiger charge is 2.28. The molecule has 84 valence electrons. The molecule has 0 radical (unpaired) electrons. The first-order valence-corrected chi connectivity index (χ1v) is 5.91. The van der Waals surface area contributed by atoms with E-state index in [1.54, 1.807) is 18.4 Å². The Morgan fingerprint density at radius 1 is 1.50 bits per heavy atom. The maximum atomic E-state index is 12.7. The van der Waals surface area contributed by atoms with Gasteiger partial charge in [-0.2, -0.15) is 0 Å². The smallest absolute Gasteiger partial charge is 0.186 e. The van der Waals surface area contributed by atoms with Gasteiger partial charge in [0.15, 0.2) is 5.13 Å². The summed E-state index contributed by atoms with van der Waals surface area (Å²) < 4.78 is 19.0. The van der Waals surface area contributed by atoms with Crippen LogP contribution < -0.4 is 9.64 Å². The second-order valence-electron chi connectivity index (χ2n) is 3.83. The average molecular weight is 238 g/mol. The van der Waals surface area contributed by atoms with Crippen LogP contribution in [0.2, 0.25) is 0 Å². The number of methoxy groups -OCH3 is 1. The number of halogens is 1. The fourth-order valence-electron chi connectivity index (χ4n) is 1.74. The molecule has 0 N–H and O–H groups in total. The van der Waals surface area contributed by atoms with Crippen molar-refractivity contribution >= 4 is 26.7 Å². The Balaban J connectivity index is 1.96. The lowest BCUT2D eigenvalue weighted by molar-refractivity contribution is 0.275. The molecular weight excluding hydrogens is 227 g/mol. The van der Waals surface area contributed by atoms with Gasteiger partial charge in [0.1, 0.15) is 11.9 Å². The zero-order valence-corrected chi connectivity index (χ0v) is 9.63. The van der Waals surface area contributed by atoms with Gasteiger partial charge >= 0.3 is 0 Å². The predicted molar refractivity (Wildman–Crippen MR) is 63.3 cm³/mol. The fourth-order valence-corrected chi connectivity index (χ4v) is 2.75. The number of thiazole rings is 1. The fraction of sp³-hybridized carbons (Fsp3) is 0.364. The molecule has 1 aliphatic heterocycles. The number of ether oxygens (including phenoxy) is 1. The number of nitrogens with zero attached hydrogens (tertiary/aromatic N) is 2. The van der Waals surface area contributed by atoms with E-state index in [-0.39, 0.29) is 0 Å². The lowest BCUT2D eigenvalue weighted by atomic mass is 10.2. The van der Waals surface area contributed by atoms with Crippen molar-refractivity contribution in [3.8, 4) is 5.75 Å². The third-order valence-electron chi connectivity index (χ3n) is 2.69. The first-order valence-electron chi connectivity index (χ1n) is 5.10. The summed E-state index contributed by atoms with van der Waals surface area (Å²) >= 11 is 1.58. The summed E-state index contributed by atoms with van der Waals surface area (Å²) in [6.07, 6.45) is -0.693. The van der Waals surface area contributed by atoms with Gasteiger partial charge in [0, 0.05) is 0 Å². The summed E-state index contributed by atoms with van der Waals surface area (Å²) in [6.45, 7) is 0.938. The molecule has 16 heavy (non-hydrogen) atoms. The molecule has 3 nitrogen and oxygen atoms in total. The van der Waals surface area contributed by atoms with Crippen molar-refractivity contribution in [1.82, 2.24) is 4.98 Å². The summed E-state index contributed by atoms with van der Waals surface area (Å²) in [7, 11) is 1.65. The summed E-state index contributed by atoms with van der Waals surface area (Å²) in [5.74, 6) is 0.828. The topological polar surface area (TPSA) is 25.4 Å². The van der Waals surface area contributed by atoms with Gasteiger partial charge < -0.3 is 9.64 Å². The molecule has 3 rings (SSSR count). The molecule has 2 heterocycles. The highest BCUT2D eigenvalue weighted by Crippen LogP contribution is 2.33. The molecule has 1 aromatic carbocycles. The molecule has 0 bridgehead atoms. The number of fused-ring (bicyclic) bond motifs is 1. The van der Waals surface area contributed by atoms with E-state index in [2.05, 4.69) is 4.98 Å². The van der Waals surface area contributed by atoms with Crippen molar-refractivity contribution in [2.75, 3.05) is 25.1 Å². The Hall–Kier alpha value is -1.36. The van der Waals surface area contributed by atoms with E-state index in [1.807, 2.05) is 23.1 Å². The van der Waals surface area contributed by atoms with Crippen LogP contribution in [0.1, 0.15) is 0 Å². The van der Waals surface area contributed by atoms with Crippen molar-refractivity contribution in [3.05, 3.63) is 18.2 Å². The van der Waals surface area contributed by atoms with Crippen LogP contribution in [0.25, 0.3) is 10.2 Å². The number of benzene rings is 1. The van der Waals surface area contributed by atoms with Crippen molar-refractivity contribution in [1.29, 1.82) is 0 Å². The summed E-state index contributed by atoms with van der Waals surface area (Å²) in [6, 6.07) is 5.78. The molecule has 0 amide bonds. The van der Waals surface area contributed by atoms with Crippen LogP contribution in [-0.4, -0.2) is 31.4 Å². The van der Waals surface area contributed by atoms with Crippen LogP contribution in [-0.2, 0) is 0 Å². The molecule has 0 spiro atoms. The molecule has 5 heteroatoms. The van der Waals surface area contributed by atoms with Crippen molar-refractivity contribution in [2.45, 2.75) is 6.17 Å². The summed E-state index contributed by atoms with van der Waals surface area (Å²) in [4.78, 5) is 6.43. The highest BCUT2D eigenvalue weighted by molar-refractivity contribution is 7.22. The van der Waals surface area contributed by atoms with E-state index >= 15 is 0 Å². The first-order chi connectivity index (χ1) is 7.76. The number of aromatic nitrogens is 1. The third-order valence-corrected chi connectivity index (χ3v) is 3.77. The van der Waals surface area contributed by atoms with Crippen LogP contribution in [0.5, 0.6) is 5.75 Å². The monoisotopic (exact) mass is 238 g/mol. The molecule has 0 atom stereocenters. The minimum atomic E-state index is -0.693. The summed E-state index contributed by atoms with van der Waals surface area (Å²) in [5, 5.41) is 0.900. The second kappa shape index (κ2) is 3.59. The minimum Gasteiger partial charge on any atom is -0.497 e. The van der Waals surface area contributed by atoms with E-state index in [9.17, 15) is 4.39 Å². The van der Waals surface area contributed by atoms with E-state index in [4.69, 9.17) is 4.74 Å². The van der Waals surface area contributed by atoms with Gasteiger partial charge in [-0.05, 0) is 18.2 Å². The zero-order chi connectivity index (χ0) is 11.1. The molecule has 0 aliphatic carbocycles. The zero-order valence-electron chi connectivity index (χ0n) is 8.81. The maximum absolute atomic E-state index is 12.7. The Kier molecular flexibility index (Phi) is 2.21. The second-order valence-corrected chi connectivity index (χ2v) is 4.84. The third kappa shape index (κ3) is 1.51. The van der Waals surface area contributed by atoms with Crippen molar-refractivity contribution in [3.63, 3.8) is 0 Å². The van der Waals surface area contributed by atoms with Gasteiger partial charge in [-0.3, -0.25) is 0 Å². The van der Waals surface area contributed by atoms with Gasteiger partial charge in [0.2, 0.25) is 0 Å². The largest absolute Gasteiger partial charge is 0.497 e. The van der Waals surface area contributed by atoms with E-state index in [0.717, 1.165) is 21.1 Å². The minimum absolute atomic E-state index is 0.469. The molecule has 1 aliphatic rings. The molecule has 2 aromatic rings. The highest BCUT2D eigenvalue weighted by atomic mass is 32.1. The molecular formula is C11H11FN2OS. The van der Waals surface area contributed by atoms with E-state index in [0.29, 0.717) is 13.1 Å². The van der Waals surface area contributed by atoms with Gasteiger partial charge in [-0.1, -0.05) is 11.3 Å². The number of anilines is 1. The summed E-state index contributed by atoms with van der Waals surface area (Å²) in [5.41, 5.74) is 0.947. The molecule has 0 saturated carbocycles. The van der Waals surface area contributed by atoms with Crippen LogP contribution in [0.15, 0.2) is 18.2 Å². The molecule has 1 aromatic heterocycles. The van der Waals surface area contributed by atoms with E-state index in [1.165, 1.54) is 0 Å². The first kappa shape index (κ1) is 9.84. The number of rotatable bonds is 2. The number of hydrogen-bond donors (Lipinski definition) is 0. The quantitative estimate of drug-likeness (QED) is 0.803. The predicted octanol–water partition coefficient (Wildman–Crippen LogP) is 2.46. The average Bonchev–Trinajstić information content (AvgIpc) is 2.66. The van der Waals surface area contributed by atoms with Crippen LogP contribution >= 0.6 is 11.3 Å². The SMILES string of the molecule is COc1ccc2nc(N3CC(F)C3)sc2c1. The molecule has 1 fully saturated rings. The van der Waals surface area contributed by atoms with Crippen LogP contribution in [0.3, 0.4) is 0 Å². The standard InChI is InChI=1S/C11H11FN2OS/c1-15-8-2-3-9-10(4-8)16-11(13-9)14-5-7(12)6-14/h2-4,7H,5-6H2,1H3. The lowest BCUT2D eigenvalue weighted by Crippen LogP contribution is -2.48. The number of alkyl halides is 1. The van der Waals surface area contributed by atoms with Crippen LogP contribution in [0.4, 0.5) is 9.52 Å². The molecule has 0 unspecified atom stereocenters. The van der Waals surface area contributed by atoms with Gasteiger partial charge in [-0.25, -0.2) is 9.37 Å². The van der Waals surface area contributed by atoms with Crippen molar-refractivity contribution < 1.29 is 9.13 Å². The van der Waals surface area contributed by atoms with Crippen LogP contribution in [0, 0.1) is 0 Å². The number of hydrogen-bond acceptors (Lipinski definition) is 4. The Morgan fingerprint density at radius 2 is 2.31 bits per heavy atom. The Morgan fingerprint density at radius 3 is 3.00 bits per heavy atom. The van der Waals surface area contributed by atoms with Crippen molar-refractivity contribution in [2.24, 2.45) is 0 Å². The Labute approximate surface area is 96.5 Å². The normalized spacial score (nSPS) is 16.5. The van der Waals surface area contributed by atoms with E-state index < -0.39 is 6.17 Å². The van der Waals surface area contributed by atoms with Gasteiger partial charge in [-0.15, -0.1) is 0 Å². The maximum Gasteiger partial charge on any atom is 0.186 e.